The van der Waals surface area contributed by atoms with Gasteiger partial charge in [0.25, 0.3) is 0 Å². The molecule has 1 aromatic heterocycles. The van der Waals surface area contributed by atoms with Crippen LogP contribution in [0, 0.1) is 5.92 Å². The summed E-state index contributed by atoms with van der Waals surface area (Å²) < 4.78 is 0. The van der Waals surface area contributed by atoms with Crippen molar-refractivity contribution in [3.8, 4) is 0 Å². The third kappa shape index (κ3) is 6.90. The molecule has 0 radical (unpaired) electrons. The highest BCUT2D eigenvalue weighted by Crippen LogP contribution is 2.30. The van der Waals surface area contributed by atoms with Gasteiger partial charge in [0.15, 0.2) is 5.82 Å². The molecule has 2 aliphatic heterocycles. The number of carbonyl (C=O) groups is 2. The predicted molar refractivity (Wildman–Crippen MR) is 162 cm³/mol. The highest BCUT2D eigenvalue weighted by Gasteiger charge is 2.27. The summed E-state index contributed by atoms with van der Waals surface area (Å²) >= 11 is 6.39. The van der Waals surface area contributed by atoms with Crippen molar-refractivity contribution in [1.82, 2.24) is 20.2 Å². The molecule has 2 fully saturated rings. The average molecular weight is 574 g/mol. The lowest BCUT2D eigenvalue weighted by molar-refractivity contribution is -0.117. The first-order valence-corrected chi connectivity index (χ1v) is 15.0. The van der Waals surface area contributed by atoms with E-state index in [4.69, 9.17) is 11.6 Å². The molecule has 4 N–H and O–H groups in total. The first-order valence-electron chi connectivity index (χ1n) is 14.6. The zero-order valence-corrected chi connectivity index (χ0v) is 23.8. The van der Waals surface area contributed by atoms with E-state index in [-0.39, 0.29) is 17.9 Å². The lowest BCUT2D eigenvalue weighted by Crippen LogP contribution is -2.47. The molecule has 3 aromatic rings. The predicted octanol–water partition coefficient (Wildman–Crippen LogP) is 6.41. The van der Waals surface area contributed by atoms with Gasteiger partial charge < -0.3 is 26.2 Å². The van der Waals surface area contributed by atoms with E-state index in [2.05, 4.69) is 43.4 Å². The van der Waals surface area contributed by atoms with Gasteiger partial charge in [-0.15, -0.1) is 0 Å². The van der Waals surface area contributed by atoms with Crippen LogP contribution in [0.5, 0.6) is 0 Å². The average Bonchev–Trinajstić information content (AvgIpc) is 3.48. The number of urea groups is 1. The van der Waals surface area contributed by atoms with Crippen LogP contribution in [0.15, 0.2) is 48.7 Å². The zero-order valence-electron chi connectivity index (χ0n) is 23.1. The summed E-state index contributed by atoms with van der Waals surface area (Å²) in [6, 6.07) is 14.5. The van der Waals surface area contributed by atoms with Crippen molar-refractivity contribution in [2.24, 2.45) is 5.92 Å². The maximum Gasteiger partial charge on any atom is 0.317 e. The van der Waals surface area contributed by atoms with Crippen molar-refractivity contribution in [3.63, 3.8) is 0 Å². The van der Waals surface area contributed by atoms with Crippen molar-refractivity contribution in [1.29, 1.82) is 0 Å². The number of hydrogen-bond donors (Lipinski definition) is 4. The molecule has 9 nitrogen and oxygen atoms in total. The molecule has 214 valence electrons. The van der Waals surface area contributed by atoms with Crippen LogP contribution in [-0.2, 0) is 17.6 Å². The van der Waals surface area contributed by atoms with Crippen LogP contribution in [0.25, 0.3) is 0 Å². The first kappa shape index (κ1) is 27.3. The number of anilines is 5. The summed E-state index contributed by atoms with van der Waals surface area (Å²) in [5.74, 6) is 1.23. The molecule has 10 heteroatoms. The Balaban J connectivity index is 1.11. The summed E-state index contributed by atoms with van der Waals surface area (Å²) in [5, 5.41) is 13.3. The van der Waals surface area contributed by atoms with Crippen LogP contribution in [0.1, 0.15) is 56.1 Å². The lowest BCUT2D eigenvalue weighted by atomic mass is 9.93. The van der Waals surface area contributed by atoms with Crippen molar-refractivity contribution >= 4 is 52.4 Å². The van der Waals surface area contributed by atoms with Gasteiger partial charge in [-0.1, -0.05) is 36.6 Å². The number of fused-ring (bicyclic) bond motifs is 6. The monoisotopic (exact) mass is 573 g/mol. The minimum absolute atomic E-state index is 0.00779. The Bertz CT molecular complexity index is 1420. The van der Waals surface area contributed by atoms with Crippen LogP contribution in [0.4, 0.5) is 33.6 Å². The Labute approximate surface area is 245 Å². The Hall–Kier alpha value is -3.85. The maximum absolute atomic E-state index is 13.2. The summed E-state index contributed by atoms with van der Waals surface area (Å²) in [4.78, 5) is 36.6. The van der Waals surface area contributed by atoms with E-state index in [1.165, 1.54) is 18.4 Å². The van der Waals surface area contributed by atoms with E-state index in [1.54, 1.807) is 6.20 Å². The number of rotatable bonds is 4. The summed E-state index contributed by atoms with van der Waals surface area (Å²) in [7, 11) is 0. The number of piperidine rings is 1. The number of amides is 3. The molecule has 0 spiro atoms. The largest absolute Gasteiger partial charge is 0.339 e. The van der Waals surface area contributed by atoms with Crippen molar-refractivity contribution < 1.29 is 9.59 Å². The minimum Gasteiger partial charge on any atom is -0.339 e. The van der Waals surface area contributed by atoms with E-state index >= 15 is 0 Å². The molecular formula is C31H36ClN7O2. The molecule has 0 atom stereocenters. The van der Waals surface area contributed by atoms with Crippen LogP contribution in [0.2, 0.25) is 5.02 Å². The molecule has 2 aromatic carbocycles. The number of nitrogens with zero attached hydrogens (tertiary/aromatic N) is 3. The fourth-order valence-corrected chi connectivity index (χ4v) is 6.14. The molecule has 1 saturated heterocycles. The van der Waals surface area contributed by atoms with Gasteiger partial charge in [0.1, 0.15) is 5.02 Å². The van der Waals surface area contributed by atoms with Crippen LogP contribution >= 0.6 is 11.6 Å². The number of likely N-dealkylation sites (tertiary alicyclic amines) is 1. The van der Waals surface area contributed by atoms with Gasteiger partial charge in [0.2, 0.25) is 11.9 Å². The number of hydrogen-bond acceptors (Lipinski definition) is 6. The first-order chi connectivity index (χ1) is 20.0. The zero-order chi connectivity index (χ0) is 28.2. The Morgan fingerprint density at radius 2 is 1.78 bits per heavy atom. The van der Waals surface area contributed by atoms with Gasteiger partial charge in [-0.2, -0.15) is 4.98 Å². The second-order valence-electron chi connectivity index (χ2n) is 11.3. The normalized spacial score (nSPS) is 17.3. The van der Waals surface area contributed by atoms with E-state index in [1.807, 2.05) is 35.2 Å². The smallest absolute Gasteiger partial charge is 0.317 e. The number of nitrogens with one attached hydrogen (secondary N) is 4. The third-order valence-corrected chi connectivity index (χ3v) is 8.59. The van der Waals surface area contributed by atoms with Crippen molar-refractivity contribution in [2.75, 3.05) is 29.0 Å². The lowest BCUT2D eigenvalue weighted by Gasteiger charge is -2.32. The molecular weight excluding hydrogens is 538 g/mol. The quantitative estimate of drug-likeness (QED) is 0.287. The van der Waals surface area contributed by atoms with Crippen molar-refractivity contribution in [2.45, 2.75) is 63.8 Å². The fraction of sp³-hybridized carbons (Fsp3) is 0.419. The van der Waals surface area contributed by atoms with Crippen LogP contribution in [-0.4, -0.2) is 45.9 Å². The van der Waals surface area contributed by atoms with Gasteiger partial charge in [-0.25, -0.2) is 9.78 Å². The second-order valence-corrected chi connectivity index (χ2v) is 11.7. The molecule has 41 heavy (non-hydrogen) atoms. The molecule has 6 bridgehead atoms. The highest BCUT2D eigenvalue weighted by atomic mass is 35.5. The topological polar surface area (TPSA) is 111 Å². The SMILES string of the molecule is O=C(CC1CCN(C(=O)NC2CCCC2)CC1)Nc1ccc2cc1CCc1cccc(c1)Nc1ncc(Cl)c(n1)N2. The minimum atomic E-state index is 0.00779. The van der Waals surface area contributed by atoms with E-state index < -0.39 is 0 Å². The van der Waals surface area contributed by atoms with Gasteiger partial charge >= 0.3 is 6.03 Å². The molecule has 3 heterocycles. The molecule has 3 amide bonds. The van der Waals surface area contributed by atoms with Gasteiger partial charge in [-0.05, 0) is 85.9 Å². The number of aromatic nitrogens is 2. The van der Waals surface area contributed by atoms with Gasteiger partial charge in [0.05, 0.1) is 6.20 Å². The standard InChI is InChI=1S/C31H36ClN7O2/c32-26-19-33-30-35-24-7-3-4-20(16-24)8-9-22-18-25(34-29(26)38-30)10-11-27(22)37-28(40)17-21-12-14-39(15-13-21)31(41)36-23-5-1-2-6-23/h3-4,7,10-11,16,18-19,21,23H,1-2,5-6,8-9,12-15,17H2,(H,36,41)(H,37,40)(H2,33,34,35,38). The Morgan fingerprint density at radius 1 is 0.976 bits per heavy atom. The molecule has 1 saturated carbocycles. The van der Waals surface area contributed by atoms with Crippen LogP contribution in [0.3, 0.4) is 0 Å². The molecule has 6 rings (SSSR count). The van der Waals surface area contributed by atoms with Gasteiger partial charge in [-0.3, -0.25) is 4.79 Å². The van der Waals surface area contributed by atoms with E-state index in [9.17, 15) is 9.59 Å². The number of halogens is 1. The highest BCUT2D eigenvalue weighted by molar-refractivity contribution is 6.32. The number of carbonyl (C=O) groups excluding carboxylic acids is 2. The molecule has 0 unspecified atom stereocenters. The Kier molecular flexibility index (Phi) is 8.23. The van der Waals surface area contributed by atoms with Crippen molar-refractivity contribution in [3.05, 3.63) is 64.8 Å². The summed E-state index contributed by atoms with van der Waals surface area (Å²) in [6.45, 7) is 1.40. The number of aryl methyl sites for hydroxylation is 2. The van der Waals surface area contributed by atoms with Crippen LogP contribution < -0.4 is 21.3 Å². The fourth-order valence-electron chi connectivity index (χ4n) is 6.00. The maximum atomic E-state index is 13.2. The number of benzene rings is 2. The summed E-state index contributed by atoms with van der Waals surface area (Å²) in [5.41, 5.74) is 4.75. The van der Waals surface area contributed by atoms with E-state index in [0.29, 0.717) is 42.3 Å². The summed E-state index contributed by atoms with van der Waals surface area (Å²) in [6.07, 6.45) is 9.83. The Morgan fingerprint density at radius 3 is 2.61 bits per heavy atom. The second kappa shape index (κ2) is 12.3. The molecule has 1 aliphatic carbocycles. The van der Waals surface area contributed by atoms with E-state index in [0.717, 1.165) is 61.2 Å². The third-order valence-electron chi connectivity index (χ3n) is 8.31. The van der Waals surface area contributed by atoms with Gasteiger partial charge in [0, 0.05) is 42.6 Å². The molecule has 3 aliphatic rings.